The van der Waals surface area contributed by atoms with Crippen LogP contribution in [-0.2, 0) is 18.3 Å². The molecule has 1 heterocycles. The molecule has 84 valence electrons. The molecule has 1 aromatic rings. The molecule has 5 nitrogen and oxygen atoms in total. The van der Waals surface area contributed by atoms with E-state index >= 15 is 0 Å². The average Bonchev–Trinajstić information content (AvgIpc) is 2.48. The van der Waals surface area contributed by atoms with E-state index in [4.69, 9.17) is 4.74 Å². The van der Waals surface area contributed by atoms with E-state index < -0.39 is 0 Å². The van der Waals surface area contributed by atoms with Crippen LogP contribution >= 0.6 is 0 Å². The van der Waals surface area contributed by atoms with Crippen LogP contribution in [0.25, 0.3) is 0 Å². The second-order valence-electron chi connectivity index (χ2n) is 3.59. The van der Waals surface area contributed by atoms with Gasteiger partial charge in [-0.15, -0.1) is 0 Å². The molecule has 0 aliphatic heterocycles. The summed E-state index contributed by atoms with van der Waals surface area (Å²) < 4.78 is 6.65. The van der Waals surface area contributed by atoms with Crippen molar-refractivity contribution >= 4 is 5.97 Å². The Bertz CT molecular complexity index is 344. The van der Waals surface area contributed by atoms with Gasteiger partial charge >= 0.3 is 5.97 Å². The normalized spacial score (nSPS) is 10.7. The maximum Gasteiger partial charge on any atom is 0.341 e. The minimum Gasteiger partial charge on any atom is -0.462 e. The SMILES string of the molecule is CCOC(=O)c1cnn(C)c1CN(C)C. The van der Waals surface area contributed by atoms with Gasteiger partial charge in [-0.25, -0.2) is 4.79 Å². The van der Waals surface area contributed by atoms with E-state index in [0.29, 0.717) is 18.7 Å². The largest absolute Gasteiger partial charge is 0.462 e. The molecule has 1 aromatic heterocycles. The van der Waals surface area contributed by atoms with Crippen molar-refractivity contribution in [3.63, 3.8) is 0 Å². The van der Waals surface area contributed by atoms with Gasteiger partial charge in [0.1, 0.15) is 5.56 Å². The molecule has 5 heteroatoms. The van der Waals surface area contributed by atoms with Crippen LogP contribution in [0.15, 0.2) is 6.20 Å². The summed E-state index contributed by atoms with van der Waals surface area (Å²) in [6.07, 6.45) is 1.55. The van der Waals surface area contributed by atoms with Crippen LogP contribution in [0.1, 0.15) is 23.0 Å². The first-order valence-electron chi connectivity index (χ1n) is 4.89. The molecular formula is C10H17N3O2. The van der Waals surface area contributed by atoms with Crippen LogP contribution in [-0.4, -0.2) is 41.4 Å². The van der Waals surface area contributed by atoms with Gasteiger partial charge in [-0.3, -0.25) is 4.68 Å². The predicted octanol–water partition coefficient (Wildman–Crippen LogP) is 0.658. The summed E-state index contributed by atoms with van der Waals surface area (Å²) in [5.74, 6) is -0.303. The molecule has 0 bridgehead atoms. The minimum absolute atomic E-state index is 0.303. The van der Waals surface area contributed by atoms with Gasteiger partial charge in [0.05, 0.1) is 18.5 Å². The molecule has 15 heavy (non-hydrogen) atoms. The number of hydrogen-bond acceptors (Lipinski definition) is 4. The van der Waals surface area contributed by atoms with Crippen LogP contribution in [0, 0.1) is 0 Å². The number of rotatable bonds is 4. The van der Waals surface area contributed by atoms with Gasteiger partial charge in [-0.05, 0) is 21.0 Å². The molecule has 0 spiro atoms. The zero-order valence-corrected chi connectivity index (χ0v) is 9.65. The fourth-order valence-corrected chi connectivity index (χ4v) is 1.33. The van der Waals surface area contributed by atoms with Crippen molar-refractivity contribution in [2.75, 3.05) is 20.7 Å². The monoisotopic (exact) mass is 211 g/mol. The lowest BCUT2D eigenvalue weighted by Crippen LogP contribution is -2.17. The minimum atomic E-state index is -0.303. The van der Waals surface area contributed by atoms with Gasteiger partial charge < -0.3 is 9.64 Å². The molecule has 0 aromatic carbocycles. The van der Waals surface area contributed by atoms with Crippen molar-refractivity contribution in [3.8, 4) is 0 Å². The highest BCUT2D eigenvalue weighted by Crippen LogP contribution is 2.10. The van der Waals surface area contributed by atoms with Crippen molar-refractivity contribution in [2.24, 2.45) is 7.05 Å². The Morgan fingerprint density at radius 1 is 1.60 bits per heavy atom. The summed E-state index contributed by atoms with van der Waals surface area (Å²) in [6.45, 7) is 2.85. The maximum absolute atomic E-state index is 11.6. The van der Waals surface area contributed by atoms with E-state index in [9.17, 15) is 4.79 Å². The fraction of sp³-hybridized carbons (Fsp3) is 0.600. The van der Waals surface area contributed by atoms with Crippen LogP contribution < -0.4 is 0 Å². The standard InChI is InChI=1S/C10H17N3O2/c1-5-15-10(14)8-6-11-13(4)9(8)7-12(2)3/h6H,5,7H2,1-4H3. The quantitative estimate of drug-likeness (QED) is 0.686. The van der Waals surface area contributed by atoms with Gasteiger partial charge in [-0.2, -0.15) is 5.10 Å². The number of esters is 1. The van der Waals surface area contributed by atoms with E-state index in [-0.39, 0.29) is 5.97 Å². The molecule has 0 saturated carbocycles. The van der Waals surface area contributed by atoms with Crippen molar-refractivity contribution in [1.29, 1.82) is 0 Å². The van der Waals surface area contributed by atoms with Gasteiger partial charge in [-0.1, -0.05) is 0 Å². The highest BCUT2D eigenvalue weighted by atomic mass is 16.5. The Morgan fingerprint density at radius 2 is 2.27 bits per heavy atom. The molecule has 0 aliphatic carbocycles. The Hall–Kier alpha value is -1.36. The number of carbonyl (C=O) groups excluding carboxylic acids is 1. The number of aryl methyl sites for hydroxylation is 1. The first kappa shape index (κ1) is 11.7. The van der Waals surface area contributed by atoms with Gasteiger partial charge in [0.25, 0.3) is 0 Å². The third kappa shape index (κ3) is 2.79. The zero-order valence-electron chi connectivity index (χ0n) is 9.65. The predicted molar refractivity (Wildman–Crippen MR) is 56.6 cm³/mol. The number of hydrogen-bond donors (Lipinski definition) is 0. The molecule has 1 rings (SSSR count). The molecule has 0 N–H and O–H groups in total. The zero-order chi connectivity index (χ0) is 11.4. The maximum atomic E-state index is 11.6. The topological polar surface area (TPSA) is 47.4 Å². The molecule has 0 atom stereocenters. The number of aromatic nitrogens is 2. The Morgan fingerprint density at radius 3 is 2.80 bits per heavy atom. The Labute approximate surface area is 89.6 Å². The highest BCUT2D eigenvalue weighted by Gasteiger charge is 2.17. The summed E-state index contributed by atoms with van der Waals surface area (Å²) in [4.78, 5) is 13.6. The lowest BCUT2D eigenvalue weighted by Gasteiger charge is -2.11. The third-order valence-electron chi connectivity index (χ3n) is 2.02. The lowest BCUT2D eigenvalue weighted by molar-refractivity contribution is 0.0524. The van der Waals surface area contributed by atoms with E-state index in [1.54, 1.807) is 17.8 Å². The van der Waals surface area contributed by atoms with E-state index in [0.717, 1.165) is 5.69 Å². The van der Waals surface area contributed by atoms with Crippen LogP contribution in [0.2, 0.25) is 0 Å². The summed E-state index contributed by atoms with van der Waals surface area (Å²) in [5.41, 5.74) is 1.42. The first-order valence-corrected chi connectivity index (χ1v) is 4.89. The van der Waals surface area contributed by atoms with Crippen LogP contribution in [0.3, 0.4) is 0 Å². The van der Waals surface area contributed by atoms with Gasteiger partial charge in [0.2, 0.25) is 0 Å². The van der Waals surface area contributed by atoms with Crippen molar-refractivity contribution in [2.45, 2.75) is 13.5 Å². The Balaban J connectivity index is 2.92. The third-order valence-corrected chi connectivity index (χ3v) is 2.02. The van der Waals surface area contributed by atoms with Gasteiger partial charge in [0.15, 0.2) is 0 Å². The van der Waals surface area contributed by atoms with Crippen molar-refractivity contribution in [1.82, 2.24) is 14.7 Å². The molecular weight excluding hydrogens is 194 g/mol. The number of ether oxygens (including phenoxy) is 1. The molecule has 0 radical (unpaired) electrons. The van der Waals surface area contributed by atoms with Crippen LogP contribution in [0.4, 0.5) is 0 Å². The Kier molecular flexibility index (Phi) is 3.85. The molecule has 0 fully saturated rings. The first-order chi connectivity index (χ1) is 7.06. The summed E-state index contributed by atoms with van der Waals surface area (Å²) in [7, 11) is 5.71. The fourth-order valence-electron chi connectivity index (χ4n) is 1.33. The smallest absolute Gasteiger partial charge is 0.341 e. The van der Waals surface area contributed by atoms with E-state index in [2.05, 4.69) is 5.10 Å². The van der Waals surface area contributed by atoms with Crippen LogP contribution in [0.5, 0.6) is 0 Å². The lowest BCUT2D eigenvalue weighted by atomic mass is 10.2. The molecule has 0 unspecified atom stereocenters. The van der Waals surface area contributed by atoms with Crippen molar-refractivity contribution < 1.29 is 9.53 Å². The summed E-state index contributed by atoms with van der Waals surface area (Å²) in [6, 6.07) is 0. The molecule has 0 aliphatic rings. The van der Waals surface area contributed by atoms with E-state index in [1.165, 1.54) is 0 Å². The summed E-state index contributed by atoms with van der Waals surface area (Å²) in [5, 5.41) is 4.06. The van der Waals surface area contributed by atoms with Crippen molar-refractivity contribution in [3.05, 3.63) is 17.5 Å². The summed E-state index contributed by atoms with van der Waals surface area (Å²) >= 11 is 0. The second-order valence-corrected chi connectivity index (χ2v) is 3.59. The van der Waals surface area contributed by atoms with E-state index in [1.807, 2.05) is 26.0 Å². The second kappa shape index (κ2) is 4.93. The highest BCUT2D eigenvalue weighted by molar-refractivity contribution is 5.90. The average molecular weight is 211 g/mol. The van der Waals surface area contributed by atoms with Gasteiger partial charge in [0, 0.05) is 13.6 Å². The molecule has 0 saturated heterocycles. The molecule has 0 amide bonds. The number of carbonyl (C=O) groups is 1. The number of nitrogens with zero attached hydrogens (tertiary/aromatic N) is 3.